The van der Waals surface area contributed by atoms with Crippen LogP contribution in [0.3, 0.4) is 0 Å². The molecule has 6 nitrogen and oxygen atoms in total. The van der Waals surface area contributed by atoms with Crippen LogP contribution in [0, 0.1) is 20.8 Å². The molecule has 7 rings (SSSR count). The Kier molecular flexibility index (Phi) is 18.8. The molecule has 362 valence electrons. The lowest BCUT2D eigenvalue weighted by molar-refractivity contribution is 0.328. The molecular weight excluding hydrogens is 891 g/mol. The van der Waals surface area contributed by atoms with Crippen molar-refractivity contribution in [1.82, 2.24) is 0 Å². The zero-order valence-electron chi connectivity index (χ0n) is 43.3. The van der Waals surface area contributed by atoms with Gasteiger partial charge in [0.15, 0.2) is 0 Å². The Labute approximate surface area is 415 Å². The molecule has 7 aromatic rings. The summed E-state index contributed by atoms with van der Waals surface area (Å²) in [6.45, 7) is 29.6. The van der Waals surface area contributed by atoms with E-state index in [0.717, 1.165) is 107 Å². The van der Waals surface area contributed by atoms with Gasteiger partial charge in [0.25, 0.3) is 0 Å². The third-order valence-electron chi connectivity index (χ3n) is 11.9. The summed E-state index contributed by atoms with van der Waals surface area (Å²) in [6, 6.07) is 44.1. The van der Waals surface area contributed by atoms with Gasteiger partial charge < -0.3 is 27.1 Å². The maximum Gasteiger partial charge on any atom is 0.530 e. The van der Waals surface area contributed by atoms with Crippen molar-refractivity contribution in [1.29, 1.82) is 0 Å². The van der Waals surface area contributed by atoms with Crippen LogP contribution in [0.15, 0.2) is 151 Å². The van der Waals surface area contributed by atoms with Gasteiger partial charge in [-0.15, -0.1) is 0 Å². The molecule has 7 aromatic carbocycles. The van der Waals surface area contributed by atoms with Crippen molar-refractivity contribution >= 4 is 38.7 Å². The van der Waals surface area contributed by atoms with Crippen LogP contribution < -0.4 is 22.6 Å². The van der Waals surface area contributed by atoms with Crippen LogP contribution in [0.2, 0.25) is 0 Å². The van der Waals surface area contributed by atoms with E-state index in [2.05, 4.69) is 204 Å². The Morgan fingerprint density at radius 1 is 0.478 bits per heavy atom. The highest BCUT2D eigenvalue weighted by molar-refractivity contribution is 7.43. The van der Waals surface area contributed by atoms with Crippen molar-refractivity contribution in [2.24, 2.45) is 0 Å². The summed E-state index contributed by atoms with van der Waals surface area (Å²) in [6.07, 6.45) is 6.01. The second kappa shape index (κ2) is 24.7. The van der Waals surface area contributed by atoms with Crippen molar-refractivity contribution < 1.29 is 27.1 Å². The SMILES string of the molecule is CC.CC/C=C\C(CC)=C(/C)OP(Oc1cc(C)ccc1C(C)C)Oc1ccc2ccccc2c1-c1c(OP(Oc2cc(C)ccc2C(C)C)Oc2cc(C)ccc2C(C)C)ccc2ccccc12. The number of hydrogen-bond donors (Lipinski definition) is 0. The number of benzene rings is 7. The van der Waals surface area contributed by atoms with Crippen LogP contribution in [0.4, 0.5) is 0 Å². The monoisotopic (exact) mass is 962 g/mol. The molecule has 0 aromatic heterocycles. The fourth-order valence-electron chi connectivity index (χ4n) is 8.19. The van der Waals surface area contributed by atoms with Gasteiger partial charge in [-0.05, 0) is 149 Å². The first-order valence-corrected chi connectivity index (χ1v) is 26.8. The Morgan fingerprint density at radius 3 is 1.25 bits per heavy atom. The van der Waals surface area contributed by atoms with Crippen LogP contribution in [0.1, 0.15) is 140 Å². The smallest absolute Gasteiger partial charge is 0.413 e. The van der Waals surface area contributed by atoms with E-state index in [1.54, 1.807) is 0 Å². The summed E-state index contributed by atoms with van der Waals surface area (Å²) in [4.78, 5) is 0. The molecule has 0 heterocycles. The minimum Gasteiger partial charge on any atom is -0.413 e. The first-order valence-electron chi connectivity index (χ1n) is 24.6. The molecule has 0 saturated carbocycles. The van der Waals surface area contributed by atoms with E-state index in [9.17, 15) is 0 Å². The zero-order chi connectivity index (χ0) is 49.8. The fourth-order valence-corrected chi connectivity index (χ4v) is 10.3. The van der Waals surface area contributed by atoms with E-state index in [1.165, 1.54) is 0 Å². The van der Waals surface area contributed by atoms with Crippen molar-refractivity contribution in [3.63, 3.8) is 0 Å². The summed E-state index contributed by atoms with van der Waals surface area (Å²) in [5, 5.41) is 4.05. The molecule has 0 aliphatic rings. The van der Waals surface area contributed by atoms with Crippen molar-refractivity contribution in [2.45, 2.75) is 128 Å². The first-order chi connectivity index (χ1) is 33.2. The normalized spacial score (nSPS) is 12.4. The highest BCUT2D eigenvalue weighted by Crippen LogP contribution is 2.55. The van der Waals surface area contributed by atoms with E-state index in [4.69, 9.17) is 27.1 Å². The first kappa shape index (κ1) is 52.6. The quantitative estimate of drug-likeness (QED) is 0.0457. The fraction of sp³-hybridized carbons (Fsp3) is 0.311. The molecule has 0 bridgehead atoms. The van der Waals surface area contributed by atoms with Crippen molar-refractivity contribution in [3.8, 4) is 39.9 Å². The van der Waals surface area contributed by atoms with Crippen LogP contribution in [-0.2, 0) is 4.52 Å². The molecule has 0 saturated heterocycles. The molecule has 0 N–H and O–H groups in total. The van der Waals surface area contributed by atoms with Gasteiger partial charge >= 0.3 is 17.2 Å². The highest BCUT2D eigenvalue weighted by atomic mass is 31.2. The van der Waals surface area contributed by atoms with Gasteiger partial charge in [0, 0.05) is 11.1 Å². The van der Waals surface area contributed by atoms with Crippen LogP contribution >= 0.6 is 17.2 Å². The van der Waals surface area contributed by atoms with Crippen LogP contribution in [0.25, 0.3) is 32.7 Å². The molecule has 1 unspecified atom stereocenters. The van der Waals surface area contributed by atoms with E-state index in [1.807, 2.05) is 32.9 Å². The Hall–Kier alpha value is -5.80. The lowest BCUT2D eigenvalue weighted by atomic mass is 9.92. The molecule has 8 heteroatoms. The zero-order valence-corrected chi connectivity index (χ0v) is 45.1. The predicted octanol–water partition coefficient (Wildman–Crippen LogP) is 20.1. The van der Waals surface area contributed by atoms with Gasteiger partial charge in [0.2, 0.25) is 0 Å². The van der Waals surface area contributed by atoms with Gasteiger partial charge in [0.05, 0.1) is 0 Å². The summed E-state index contributed by atoms with van der Waals surface area (Å²) >= 11 is 0. The van der Waals surface area contributed by atoms with Crippen LogP contribution in [-0.4, -0.2) is 0 Å². The Bertz CT molecular complexity index is 2840. The summed E-state index contributed by atoms with van der Waals surface area (Å²) in [5.41, 5.74) is 9.24. The molecule has 1 atom stereocenters. The Balaban J connectivity index is 0.00000386. The number of hydrogen-bond acceptors (Lipinski definition) is 6. The summed E-state index contributed by atoms with van der Waals surface area (Å²) in [7, 11) is -4.16. The molecule has 0 fully saturated rings. The van der Waals surface area contributed by atoms with Crippen molar-refractivity contribution in [3.05, 3.63) is 184 Å². The molecule has 0 spiro atoms. The molecular formula is C61H72O6P2. The average Bonchev–Trinajstić information content (AvgIpc) is 3.32. The van der Waals surface area contributed by atoms with Gasteiger partial charge in [-0.2, -0.15) is 0 Å². The summed E-state index contributed by atoms with van der Waals surface area (Å²) < 4.78 is 42.3. The van der Waals surface area contributed by atoms with E-state index < -0.39 is 17.2 Å². The van der Waals surface area contributed by atoms with Gasteiger partial charge in [-0.25, -0.2) is 0 Å². The van der Waals surface area contributed by atoms with E-state index in [-0.39, 0.29) is 17.8 Å². The van der Waals surface area contributed by atoms with Crippen molar-refractivity contribution in [2.75, 3.05) is 0 Å². The second-order valence-electron chi connectivity index (χ2n) is 18.1. The topological polar surface area (TPSA) is 55.4 Å². The minimum atomic E-state index is -2.10. The van der Waals surface area contributed by atoms with Gasteiger partial charge in [0.1, 0.15) is 34.5 Å². The lowest BCUT2D eigenvalue weighted by Gasteiger charge is -2.26. The molecule has 69 heavy (non-hydrogen) atoms. The standard InChI is InChI=1S/C59H66O6P2.C2H6/c1-13-15-20-45(14-2)44(12)60-66(63-55-35-41(9)25-30-48(55)38(3)4)61-53-33-28-46-21-16-18-23-51(46)58(53)59-52-24-19-17-22-47(52)29-34-54(59)62-67(64-56-36-42(10)26-31-49(56)39(5)6)65-57-37-43(11)27-32-50(57)40(7)8;1-2/h15-40H,13-14H2,1-12H3;1-2H3/b20-15-,45-44+;. The largest absolute Gasteiger partial charge is 0.530 e. The number of allylic oxidation sites excluding steroid dienone is 4. The summed E-state index contributed by atoms with van der Waals surface area (Å²) in [5.74, 6) is 4.75. The minimum absolute atomic E-state index is 0.203. The van der Waals surface area contributed by atoms with Gasteiger partial charge in [-0.3, -0.25) is 0 Å². The molecule has 0 aliphatic carbocycles. The average molecular weight is 963 g/mol. The molecule has 0 radical (unpaired) electrons. The third-order valence-corrected chi connectivity index (χ3v) is 14.0. The number of fused-ring (bicyclic) bond motifs is 2. The molecule has 0 aliphatic heterocycles. The maximum atomic E-state index is 7.27. The Morgan fingerprint density at radius 2 is 0.855 bits per heavy atom. The van der Waals surface area contributed by atoms with E-state index in [0.29, 0.717) is 11.5 Å². The molecule has 0 amide bonds. The lowest BCUT2D eigenvalue weighted by Crippen LogP contribution is -2.07. The second-order valence-corrected chi connectivity index (χ2v) is 20.1. The van der Waals surface area contributed by atoms with Gasteiger partial charge in [-0.1, -0.05) is 178 Å². The highest BCUT2D eigenvalue weighted by Gasteiger charge is 2.30. The van der Waals surface area contributed by atoms with E-state index >= 15 is 0 Å². The number of aryl methyl sites for hydroxylation is 3. The third kappa shape index (κ3) is 13.1. The predicted molar refractivity (Wildman–Crippen MR) is 295 cm³/mol. The number of rotatable bonds is 19. The maximum absolute atomic E-state index is 7.27. The van der Waals surface area contributed by atoms with Crippen LogP contribution in [0.5, 0.6) is 28.7 Å².